The van der Waals surface area contributed by atoms with Crippen molar-refractivity contribution in [1.82, 2.24) is 19.3 Å². The molecule has 0 spiro atoms. The summed E-state index contributed by atoms with van der Waals surface area (Å²) in [4.78, 5) is 16.3. The van der Waals surface area contributed by atoms with Crippen molar-refractivity contribution in [3.05, 3.63) is 34.7 Å². The predicted molar refractivity (Wildman–Crippen MR) is 121 cm³/mol. The molecule has 0 unspecified atom stereocenters. The summed E-state index contributed by atoms with van der Waals surface area (Å²) in [5.41, 5.74) is 2.58. The number of rotatable bonds is 4. The molecule has 0 N–H and O–H groups in total. The van der Waals surface area contributed by atoms with Crippen LogP contribution in [-0.4, -0.2) is 72.8 Å². The summed E-state index contributed by atoms with van der Waals surface area (Å²) in [5.74, 6) is 1.66. The van der Waals surface area contributed by atoms with Crippen molar-refractivity contribution in [3.8, 4) is 11.4 Å². The fourth-order valence-electron chi connectivity index (χ4n) is 4.25. The number of morpholine rings is 1. The maximum atomic E-state index is 11.9. The number of halogens is 1. The minimum Gasteiger partial charge on any atom is -0.377 e. The SMILES string of the molecule is Cc1cc(-c2nc(C3CCN(S(C)(=O)=O)CC3)cc(N3CCOC[C@H]3C)n2)cc(Cl)n1. The maximum absolute atomic E-state index is 11.9. The zero-order valence-electron chi connectivity index (χ0n) is 18.1. The van der Waals surface area contributed by atoms with E-state index in [0.717, 1.165) is 42.2 Å². The summed E-state index contributed by atoms with van der Waals surface area (Å²) >= 11 is 6.20. The van der Waals surface area contributed by atoms with Crippen LogP contribution in [0.2, 0.25) is 5.15 Å². The lowest BCUT2D eigenvalue weighted by atomic mass is 9.94. The van der Waals surface area contributed by atoms with Gasteiger partial charge in [0.2, 0.25) is 10.0 Å². The highest BCUT2D eigenvalue weighted by molar-refractivity contribution is 7.88. The number of hydrogen-bond donors (Lipinski definition) is 0. The second-order valence-corrected chi connectivity index (χ2v) is 10.7. The van der Waals surface area contributed by atoms with E-state index in [0.29, 0.717) is 37.3 Å². The lowest BCUT2D eigenvalue weighted by Gasteiger charge is -2.35. The summed E-state index contributed by atoms with van der Waals surface area (Å²) in [7, 11) is -3.17. The third kappa shape index (κ3) is 5.16. The lowest BCUT2D eigenvalue weighted by Crippen LogP contribution is -2.44. The van der Waals surface area contributed by atoms with Gasteiger partial charge in [0.1, 0.15) is 11.0 Å². The van der Waals surface area contributed by atoms with Gasteiger partial charge in [0.25, 0.3) is 0 Å². The number of anilines is 1. The van der Waals surface area contributed by atoms with Gasteiger partial charge in [-0.3, -0.25) is 0 Å². The molecule has 0 bridgehead atoms. The topological polar surface area (TPSA) is 88.5 Å². The van der Waals surface area contributed by atoms with Gasteiger partial charge < -0.3 is 9.64 Å². The molecule has 2 aromatic rings. The van der Waals surface area contributed by atoms with Gasteiger partial charge in [-0.05, 0) is 38.8 Å². The molecule has 2 saturated heterocycles. The highest BCUT2D eigenvalue weighted by Gasteiger charge is 2.29. The van der Waals surface area contributed by atoms with E-state index < -0.39 is 10.0 Å². The van der Waals surface area contributed by atoms with Crippen molar-refractivity contribution in [2.24, 2.45) is 0 Å². The first kappa shape index (κ1) is 22.4. The number of ether oxygens (including phenoxy) is 1. The molecule has 2 aliphatic rings. The monoisotopic (exact) mass is 465 g/mol. The fraction of sp³-hybridized carbons (Fsp3) is 0.571. The van der Waals surface area contributed by atoms with Gasteiger partial charge in [0, 0.05) is 48.6 Å². The average molecular weight is 466 g/mol. The molecule has 8 nitrogen and oxygen atoms in total. The first-order valence-electron chi connectivity index (χ1n) is 10.5. The van der Waals surface area contributed by atoms with Gasteiger partial charge in [-0.1, -0.05) is 11.6 Å². The van der Waals surface area contributed by atoms with Gasteiger partial charge in [-0.2, -0.15) is 0 Å². The van der Waals surface area contributed by atoms with Crippen LogP contribution < -0.4 is 4.90 Å². The third-order valence-corrected chi connectivity index (χ3v) is 7.41. The minimum atomic E-state index is -3.17. The molecule has 0 aromatic carbocycles. The molecule has 0 radical (unpaired) electrons. The summed E-state index contributed by atoms with van der Waals surface area (Å²) in [5, 5.41) is 0.409. The molecule has 0 amide bonds. The third-order valence-electron chi connectivity index (χ3n) is 5.92. The van der Waals surface area contributed by atoms with Gasteiger partial charge in [-0.15, -0.1) is 0 Å². The minimum absolute atomic E-state index is 0.174. The van der Waals surface area contributed by atoms with Crippen LogP contribution in [0.15, 0.2) is 18.2 Å². The van der Waals surface area contributed by atoms with Crippen LogP contribution in [0, 0.1) is 6.92 Å². The Hall–Kier alpha value is -1.81. The van der Waals surface area contributed by atoms with E-state index in [1.165, 1.54) is 6.26 Å². The zero-order valence-corrected chi connectivity index (χ0v) is 19.7. The fourth-order valence-corrected chi connectivity index (χ4v) is 5.37. The molecule has 168 valence electrons. The number of pyridine rings is 1. The van der Waals surface area contributed by atoms with E-state index in [-0.39, 0.29) is 12.0 Å². The van der Waals surface area contributed by atoms with Gasteiger partial charge in [0.05, 0.1) is 25.5 Å². The second kappa shape index (κ2) is 8.97. The van der Waals surface area contributed by atoms with Crippen molar-refractivity contribution in [2.75, 3.05) is 44.0 Å². The number of aromatic nitrogens is 3. The molecule has 4 rings (SSSR count). The van der Waals surface area contributed by atoms with Gasteiger partial charge >= 0.3 is 0 Å². The van der Waals surface area contributed by atoms with Crippen LogP contribution in [0.3, 0.4) is 0 Å². The first-order valence-corrected chi connectivity index (χ1v) is 12.8. The Labute approximate surface area is 188 Å². The molecule has 1 atom stereocenters. The van der Waals surface area contributed by atoms with Crippen LogP contribution in [0.1, 0.15) is 37.1 Å². The summed E-state index contributed by atoms with van der Waals surface area (Å²) < 4.78 is 30.9. The van der Waals surface area contributed by atoms with Gasteiger partial charge in [-0.25, -0.2) is 27.7 Å². The number of hydrogen-bond acceptors (Lipinski definition) is 7. The molecule has 0 aliphatic carbocycles. The van der Waals surface area contributed by atoms with Crippen LogP contribution in [0.5, 0.6) is 0 Å². The molecule has 0 saturated carbocycles. The molecule has 4 heterocycles. The van der Waals surface area contributed by atoms with Crippen molar-refractivity contribution in [1.29, 1.82) is 0 Å². The molecule has 31 heavy (non-hydrogen) atoms. The maximum Gasteiger partial charge on any atom is 0.211 e. The Morgan fingerprint density at radius 1 is 1.10 bits per heavy atom. The summed E-state index contributed by atoms with van der Waals surface area (Å²) in [6.45, 7) is 7.11. The molecule has 10 heteroatoms. The first-order chi connectivity index (χ1) is 14.7. The van der Waals surface area contributed by atoms with E-state index in [1.807, 2.05) is 13.0 Å². The Bertz CT molecular complexity index is 1040. The van der Waals surface area contributed by atoms with Crippen LogP contribution in [0.4, 0.5) is 5.82 Å². The van der Waals surface area contributed by atoms with Gasteiger partial charge in [0.15, 0.2) is 5.82 Å². The smallest absolute Gasteiger partial charge is 0.211 e. The number of piperidine rings is 1. The Kier molecular flexibility index (Phi) is 6.48. The number of sulfonamides is 1. The van der Waals surface area contributed by atoms with E-state index in [9.17, 15) is 8.42 Å². The van der Waals surface area contributed by atoms with Crippen molar-refractivity contribution < 1.29 is 13.2 Å². The molecular weight excluding hydrogens is 438 g/mol. The van der Waals surface area contributed by atoms with Crippen LogP contribution in [0.25, 0.3) is 11.4 Å². The van der Waals surface area contributed by atoms with Crippen LogP contribution in [-0.2, 0) is 14.8 Å². The van der Waals surface area contributed by atoms with Crippen LogP contribution >= 0.6 is 11.6 Å². The Morgan fingerprint density at radius 2 is 1.84 bits per heavy atom. The van der Waals surface area contributed by atoms with Crippen molar-refractivity contribution in [3.63, 3.8) is 0 Å². The van der Waals surface area contributed by atoms with E-state index >= 15 is 0 Å². The quantitative estimate of drug-likeness (QED) is 0.641. The van der Waals surface area contributed by atoms with E-state index in [4.69, 9.17) is 26.3 Å². The summed E-state index contributed by atoms with van der Waals surface area (Å²) in [6.07, 6.45) is 2.74. The van der Waals surface area contributed by atoms with E-state index in [2.05, 4.69) is 22.9 Å². The Balaban J connectivity index is 1.71. The van der Waals surface area contributed by atoms with E-state index in [1.54, 1.807) is 10.4 Å². The highest BCUT2D eigenvalue weighted by atomic mass is 35.5. The molecular formula is C21H28ClN5O3S. The average Bonchev–Trinajstić information content (AvgIpc) is 2.72. The lowest BCUT2D eigenvalue weighted by molar-refractivity contribution is 0.0985. The van der Waals surface area contributed by atoms with Crippen molar-refractivity contribution >= 4 is 27.4 Å². The normalized spacial score (nSPS) is 21.4. The molecule has 2 aromatic heterocycles. The highest BCUT2D eigenvalue weighted by Crippen LogP contribution is 2.32. The number of nitrogens with zero attached hydrogens (tertiary/aromatic N) is 5. The molecule has 2 aliphatic heterocycles. The zero-order chi connectivity index (χ0) is 22.2. The summed E-state index contributed by atoms with van der Waals surface area (Å²) in [6, 6.07) is 5.98. The van der Waals surface area contributed by atoms with Crippen molar-refractivity contribution in [2.45, 2.75) is 38.6 Å². The predicted octanol–water partition coefficient (Wildman–Crippen LogP) is 2.86. The second-order valence-electron chi connectivity index (χ2n) is 8.35. The molecule has 2 fully saturated rings. The standard InChI is InChI=1S/C21H28ClN5O3S/c1-14-10-17(11-19(22)23-14)21-24-18(16-4-6-26(7-5-16)31(3,28)29)12-20(25-21)27-8-9-30-13-15(27)2/h10-12,15-16H,4-9,13H2,1-3H3/t15-/m1/s1. The Morgan fingerprint density at radius 3 is 2.48 bits per heavy atom. The number of aryl methyl sites for hydroxylation is 1. The largest absolute Gasteiger partial charge is 0.377 e.